The fraction of sp³-hybridized carbons (Fsp3) is 0.0667. The van der Waals surface area contributed by atoms with Crippen molar-refractivity contribution in [2.75, 3.05) is 0 Å². The van der Waals surface area contributed by atoms with Crippen molar-refractivity contribution in [3.05, 3.63) is 162 Å². The van der Waals surface area contributed by atoms with Gasteiger partial charge in [-0.1, -0.05) is 129 Å². The largest absolute Gasteiger partial charge is 0.208 e. The van der Waals surface area contributed by atoms with Gasteiger partial charge in [-0.15, -0.1) is 0 Å². The van der Waals surface area contributed by atoms with Gasteiger partial charge in [-0.05, 0) is 85.3 Å². The highest BCUT2D eigenvalue weighted by atomic mass is 15.0. The summed E-state index contributed by atoms with van der Waals surface area (Å²) in [5, 5.41) is 14.3. The first-order valence-electron chi connectivity index (χ1n) is 16.5. The summed E-state index contributed by atoms with van der Waals surface area (Å²) in [6, 6.07) is 52.9. The maximum Gasteiger partial charge on any atom is 0.164 e. The van der Waals surface area contributed by atoms with E-state index in [1.54, 1.807) is 0 Å². The van der Waals surface area contributed by atoms with E-state index < -0.39 is 0 Å². The van der Waals surface area contributed by atoms with Gasteiger partial charge < -0.3 is 0 Å². The fourth-order valence-corrected chi connectivity index (χ4v) is 7.34. The van der Waals surface area contributed by atoms with Gasteiger partial charge in [0.15, 0.2) is 17.5 Å². The topological polar surface area (TPSA) is 62.5 Å². The number of rotatable bonds is 4. The number of fused-ring (bicyclic) bond motifs is 5. The van der Waals surface area contributed by atoms with Crippen LogP contribution < -0.4 is 0 Å². The van der Waals surface area contributed by atoms with E-state index >= 15 is 0 Å². The molecule has 0 N–H and O–H groups in total. The SMILES string of the molecule is CC1(C)c2cc(C#N)ccc2-c2c(-c3cccc(-c4nc(-c5ccc6ccccc6c5)nc(-c5ccc6ccccc6c5)n4)c3)cccc21. The van der Waals surface area contributed by atoms with Crippen LogP contribution >= 0.6 is 0 Å². The Balaban J connectivity index is 1.22. The number of aromatic nitrogens is 3. The summed E-state index contributed by atoms with van der Waals surface area (Å²) >= 11 is 0. The Labute approximate surface area is 285 Å². The second kappa shape index (κ2) is 11.1. The molecule has 1 heterocycles. The lowest BCUT2D eigenvalue weighted by atomic mass is 9.81. The van der Waals surface area contributed by atoms with E-state index in [1.807, 2.05) is 12.1 Å². The van der Waals surface area contributed by atoms with E-state index in [0.717, 1.165) is 38.6 Å². The highest BCUT2D eigenvalue weighted by Gasteiger charge is 2.37. The molecule has 0 unspecified atom stereocenters. The second-order valence-corrected chi connectivity index (χ2v) is 13.2. The second-order valence-electron chi connectivity index (χ2n) is 13.2. The normalized spacial score (nSPS) is 12.8. The molecule has 0 aliphatic heterocycles. The van der Waals surface area contributed by atoms with E-state index in [2.05, 4.69) is 153 Å². The number of benzene rings is 7. The minimum Gasteiger partial charge on any atom is -0.208 e. The predicted molar refractivity (Wildman–Crippen MR) is 199 cm³/mol. The molecule has 0 amide bonds. The third kappa shape index (κ3) is 4.79. The molecule has 0 fully saturated rings. The van der Waals surface area contributed by atoms with Gasteiger partial charge in [-0.2, -0.15) is 5.26 Å². The van der Waals surface area contributed by atoms with Gasteiger partial charge in [-0.3, -0.25) is 0 Å². The Morgan fingerprint density at radius 2 is 1.00 bits per heavy atom. The average Bonchev–Trinajstić information content (AvgIpc) is 3.39. The summed E-state index contributed by atoms with van der Waals surface area (Å²) in [5.74, 6) is 1.89. The van der Waals surface area contributed by atoms with Crippen molar-refractivity contribution >= 4 is 21.5 Å². The lowest BCUT2D eigenvalue weighted by Crippen LogP contribution is -2.15. The van der Waals surface area contributed by atoms with Crippen LogP contribution in [0, 0.1) is 11.3 Å². The van der Waals surface area contributed by atoms with Crippen molar-refractivity contribution < 1.29 is 0 Å². The third-order valence-corrected chi connectivity index (χ3v) is 9.91. The van der Waals surface area contributed by atoms with Gasteiger partial charge in [0.2, 0.25) is 0 Å². The molecular weight excluding hydrogens is 597 g/mol. The van der Waals surface area contributed by atoms with Crippen LogP contribution in [0.25, 0.3) is 78.0 Å². The Hall–Kier alpha value is -6.44. The van der Waals surface area contributed by atoms with Crippen LogP contribution in [0.2, 0.25) is 0 Å². The average molecular weight is 627 g/mol. The van der Waals surface area contributed by atoms with Crippen molar-refractivity contribution in [3.8, 4) is 62.5 Å². The summed E-state index contributed by atoms with van der Waals surface area (Å²) in [7, 11) is 0. The predicted octanol–water partition coefficient (Wildman–Crippen LogP) is 11.0. The van der Waals surface area contributed by atoms with Crippen molar-refractivity contribution in [2.24, 2.45) is 0 Å². The van der Waals surface area contributed by atoms with Crippen molar-refractivity contribution in [2.45, 2.75) is 19.3 Å². The Bertz CT molecular complexity index is 2560. The van der Waals surface area contributed by atoms with Crippen LogP contribution in [-0.2, 0) is 5.41 Å². The zero-order chi connectivity index (χ0) is 33.1. The zero-order valence-corrected chi connectivity index (χ0v) is 27.1. The lowest BCUT2D eigenvalue weighted by Gasteiger charge is -2.21. The third-order valence-electron chi connectivity index (χ3n) is 9.91. The summed E-state index contributed by atoms with van der Waals surface area (Å²) < 4.78 is 0. The van der Waals surface area contributed by atoms with Gasteiger partial charge in [0.25, 0.3) is 0 Å². The van der Waals surface area contributed by atoms with Gasteiger partial charge >= 0.3 is 0 Å². The fourth-order valence-electron chi connectivity index (χ4n) is 7.34. The van der Waals surface area contributed by atoms with E-state index in [9.17, 15) is 5.26 Å². The van der Waals surface area contributed by atoms with E-state index in [1.165, 1.54) is 33.0 Å². The molecule has 7 aromatic carbocycles. The van der Waals surface area contributed by atoms with E-state index in [-0.39, 0.29) is 5.41 Å². The van der Waals surface area contributed by atoms with Crippen molar-refractivity contribution in [1.82, 2.24) is 15.0 Å². The summed E-state index contributed by atoms with van der Waals surface area (Å²) in [6.45, 7) is 4.49. The first-order chi connectivity index (χ1) is 24.0. The van der Waals surface area contributed by atoms with Gasteiger partial charge in [0.1, 0.15) is 0 Å². The maximum absolute atomic E-state index is 9.64. The smallest absolute Gasteiger partial charge is 0.164 e. The molecule has 0 spiro atoms. The molecule has 230 valence electrons. The summed E-state index contributed by atoms with van der Waals surface area (Å²) in [4.78, 5) is 15.3. The Morgan fingerprint density at radius 3 is 1.61 bits per heavy atom. The highest BCUT2D eigenvalue weighted by Crippen LogP contribution is 2.52. The Kier molecular flexibility index (Phi) is 6.50. The minimum atomic E-state index is -0.219. The van der Waals surface area contributed by atoms with Crippen molar-refractivity contribution in [1.29, 1.82) is 5.26 Å². The van der Waals surface area contributed by atoms with E-state index in [4.69, 9.17) is 15.0 Å². The van der Waals surface area contributed by atoms with Crippen molar-refractivity contribution in [3.63, 3.8) is 0 Å². The minimum absolute atomic E-state index is 0.219. The molecule has 0 saturated carbocycles. The molecule has 1 aliphatic rings. The van der Waals surface area contributed by atoms with Gasteiger partial charge in [0, 0.05) is 22.1 Å². The lowest BCUT2D eigenvalue weighted by molar-refractivity contribution is 0.660. The molecule has 0 radical (unpaired) electrons. The van der Waals surface area contributed by atoms with Crippen LogP contribution in [0.5, 0.6) is 0 Å². The van der Waals surface area contributed by atoms with E-state index in [0.29, 0.717) is 23.0 Å². The molecule has 8 aromatic rings. The molecule has 9 rings (SSSR count). The molecule has 0 saturated heterocycles. The zero-order valence-electron chi connectivity index (χ0n) is 27.1. The standard InChI is InChI=1S/C45H30N4/c1-45(2)39-16-8-15-37(41(39)38-22-17-28(27-46)23-40(38)45)33-13-7-14-34(26-33)42-47-43(35-20-18-29-9-3-5-11-31(29)24-35)49-44(48-42)36-21-19-30-10-4-6-12-32(30)25-36/h3-26H,1-2H3. The number of nitrogens with zero attached hydrogens (tertiary/aromatic N) is 4. The quantitative estimate of drug-likeness (QED) is 0.195. The van der Waals surface area contributed by atoms with Crippen LogP contribution in [0.15, 0.2) is 146 Å². The number of nitriles is 1. The summed E-state index contributed by atoms with van der Waals surface area (Å²) in [5.41, 5.74) is 10.3. The molecule has 49 heavy (non-hydrogen) atoms. The monoisotopic (exact) mass is 626 g/mol. The first kappa shape index (κ1) is 28.8. The van der Waals surface area contributed by atoms with Crippen LogP contribution in [0.1, 0.15) is 30.5 Å². The van der Waals surface area contributed by atoms with Gasteiger partial charge in [-0.25, -0.2) is 15.0 Å². The Morgan fingerprint density at radius 1 is 0.449 bits per heavy atom. The van der Waals surface area contributed by atoms with Crippen LogP contribution in [0.4, 0.5) is 0 Å². The van der Waals surface area contributed by atoms with Crippen LogP contribution in [-0.4, -0.2) is 15.0 Å². The molecule has 0 atom stereocenters. The first-order valence-corrected chi connectivity index (χ1v) is 16.5. The molecular formula is C45H30N4. The molecule has 0 bridgehead atoms. The molecule has 4 nitrogen and oxygen atoms in total. The molecule has 1 aromatic heterocycles. The number of hydrogen-bond donors (Lipinski definition) is 0. The number of hydrogen-bond acceptors (Lipinski definition) is 4. The molecule has 1 aliphatic carbocycles. The highest BCUT2D eigenvalue weighted by molar-refractivity contribution is 5.94. The summed E-state index contributed by atoms with van der Waals surface area (Å²) in [6.07, 6.45) is 0. The van der Waals surface area contributed by atoms with Gasteiger partial charge in [0.05, 0.1) is 11.6 Å². The maximum atomic E-state index is 9.64. The van der Waals surface area contributed by atoms with Crippen LogP contribution in [0.3, 0.4) is 0 Å². The molecule has 4 heteroatoms.